The molecule has 0 saturated carbocycles. The van der Waals surface area contributed by atoms with Crippen molar-refractivity contribution < 1.29 is 19.1 Å². The molecule has 1 aromatic rings. The van der Waals surface area contributed by atoms with Gasteiger partial charge in [0.1, 0.15) is 0 Å². The highest BCUT2D eigenvalue weighted by atomic mass is 16.7. The van der Waals surface area contributed by atoms with Gasteiger partial charge in [0.2, 0.25) is 6.79 Å². The van der Waals surface area contributed by atoms with Gasteiger partial charge in [0.25, 0.3) is 5.91 Å². The zero-order valence-corrected chi connectivity index (χ0v) is 9.27. The minimum Gasteiger partial charge on any atom is -0.454 e. The molecule has 3 N–H and O–H groups in total. The highest BCUT2D eigenvalue weighted by Gasteiger charge is 2.15. The Morgan fingerprint density at radius 1 is 1.41 bits per heavy atom. The van der Waals surface area contributed by atoms with Crippen LogP contribution in [0.3, 0.4) is 0 Å². The first-order valence-corrected chi connectivity index (χ1v) is 5.31. The summed E-state index contributed by atoms with van der Waals surface area (Å²) in [5.41, 5.74) is 0.544. The number of hydrogen-bond acceptors (Lipinski definition) is 5. The van der Waals surface area contributed by atoms with Crippen LogP contribution in [0.2, 0.25) is 0 Å². The summed E-state index contributed by atoms with van der Waals surface area (Å²) in [7, 11) is 0. The predicted molar refractivity (Wildman–Crippen MR) is 59.7 cm³/mol. The Balaban J connectivity index is 1.91. The molecule has 1 heterocycles. The summed E-state index contributed by atoms with van der Waals surface area (Å²) in [5, 5.41) is 2.75. The van der Waals surface area contributed by atoms with E-state index in [2.05, 4.69) is 10.2 Å². The van der Waals surface area contributed by atoms with Gasteiger partial charge in [-0.1, -0.05) is 0 Å². The summed E-state index contributed by atoms with van der Waals surface area (Å²) >= 11 is 0. The molecule has 0 bridgehead atoms. The number of rotatable bonds is 5. The second-order valence-electron chi connectivity index (χ2n) is 3.55. The average Bonchev–Trinajstić information content (AvgIpc) is 2.81. The number of ether oxygens (including phenoxy) is 2. The van der Waals surface area contributed by atoms with E-state index in [-0.39, 0.29) is 12.7 Å². The lowest BCUT2D eigenvalue weighted by atomic mass is 10.2. The van der Waals surface area contributed by atoms with Crippen LogP contribution in [0.5, 0.6) is 11.5 Å². The Labute approximate surface area is 98.6 Å². The summed E-state index contributed by atoms with van der Waals surface area (Å²) in [6.45, 7) is 1.14. The van der Waals surface area contributed by atoms with Crippen LogP contribution in [-0.2, 0) is 4.84 Å². The van der Waals surface area contributed by atoms with Crippen LogP contribution >= 0.6 is 0 Å². The highest BCUT2D eigenvalue weighted by Crippen LogP contribution is 2.32. The molecular formula is C11H14N2O4. The lowest BCUT2D eigenvalue weighted by Crippen LogP contribution is -2.25. The molecule has 6 nitrogen and oxygen atoms in total. The van der Waals surface area contributed by atoms with Crippen LogP contribution in [0, 0.1) is 0 Å². The number of amides is 1. The number of nitrogens with one attached hydrogen (secondary N) is 1. The Bertz CT molecular complexity index is 408. The first kappa shape index (κ1) is 11.7. The SMILES string of the molecule is NOCCCNC(=O)c1ccc2c(c1)OCO2. The molecule has 0 unspecified atom stereocenters. The van der Waals surface area contributed by atoms with Gasteiger partial charge >= 0.3 is 0 Å². The smallest absolute Gasteiger partial charge is 0.251 e. The molecule has 6 heteroatoms. The van der Waals surface area contributed by atoms with E-state index in [1.54, 1.807) is 18.2 Å². The van der Waals surface area contributed by atoms with Gasteiger partial charge in [-0.15, -0.1) is 0 Å². The van der Waals surface area contributed by atoms with Crippen molar-refractivity contribution >= 4 is 5.91 Å². The van der Waals surface area contributed by atoms with E-state index in [0.29, 0.717) is 36.6 Å². The number of hydrogen-bond donors (Lipinski definition) is 2. The van der Waals surface area contributed by atoms with Gasteiger partial charge in [-0.2, -0.15) is 0 Å². The predicted octanol–water partition coefficient (Wildman–Crippen LogP) is 0.425. The standard InChI is InChI=1S/C11H14N2O4/c12-17-5-1-4-13-11(14)8-2-3-9-10(6-8)16-7-15-9/h2-3,6H,1,4-5,7,12H2,(H,13,14). The molecule has 1 aliphatic rings. The molecule has 92 valence electrons. The Morgan fingerprint density at radius 2 is 2.24 bits per heavy atom. The highest BCUT2D eigenvalue weighted by molar-refractivity contribution is 5.94. The largest absolute Gasteiger partial charge is 0.454 e. The van der Waals surface area contributed by atoms with Crippen molar-refractivity contribution in [2.75, 3.05) is 19.9 Å². The van der Waals surface area contributed by atoms with Gasteiger partial charge < -0.3 is 19.6 Å². The Kier molecular flexibility index (Phi) is 3.79. The number of fused-ring (bicyclic) bond motifs is 1. The molecule has 2 rings (SSSR count). The molecule has 0 spiro atoms. The van der Waals surface area contributed by atoms with Crippen LogP contribution in [-0.4, -0.2) is 25.9 Å². The van der Waals surface area contributed by atoms with Crippen LogP contribution < -0.4 is 20.7 Å². The molecule has 17 heavy (non-hydrogen) atoms. The van der Waals surface area contributed by atoms with Crippen molar-refractivity contribution in [2.24, 2.45) is 5.90 Å². The Morgan fingerprint density at radius 3 is 3.06 bits per heavy atom. The van der Waals surface area contributed by atoms with E-state index in [1.807, 2.05) is 0 Å². The van der Waals surface area contributed by atoms with Crippen molar-refractivity contribution in [1.29, 1.82) is 0 Å². The number of nitrogens with two attached hydrogens (primary N) is 1. The second kappa shape index (κ2) is 5.51. The lowest BCUT2D eigenvalue weighted by Gasteiger charge is -2.05. The second-order valence-corrected chi connectivity index (χ2v) is 3.55. The molecule has 1 amide bonds. The summed E-state index contributed by atoms with van der Waals surface area (Å²) in [6, 6.07) is 5.08. The molecule has 0 atom stereocenters. The van der Waals surface area contributed by atoms with Crippen LogP contribution in [0.15, 0.2) is 18.2 Å². The minimum atomic E-state index is -0.152. The van der Waals surface area contributed by atoms with Gasteiger partial charge in [0.05, 0.1) is 6.61 Å². The van der Waals surface area contributed by atoms with E-state index in [9.17, 15) is 4.79 Å². The summed E-state index contributed by atoms with van der Waals surface area (Å²) in [5.74, 6) is 5.99. The van der Waals surface area contributed by atoms with Gasteiger partial charge in [-0.3, -0.25) is 4.79 Å². The van der Waals surface area contributed by atoms with Crippen molar-refractivity contribution in [3.8, 4) is 11.5 Å². The average molecular weight is 238 g/mol. The summed E-state index contributed by atoms with van der Waals surface area (Å²) in [4.78, 5) is 16.1. The molecule has 0 fully saturated rings. The molecule has 1 aliphatic heterocycles. The third-order valence-corrected chi connectivity index (χ3v) is 2.36. The van der Waals surface area contributed by atoms with Crippen molar-refractivity contribution in [3.63, 3.8) is 0 Å². The van der Waals surface area contributed by atoms with E-state index >= 15 is 0 Å². The summed E-state index contributed by atoms with van der Waals surface area (Å²) < 4.78 is 10.4. The quantitative estimate of drug-likeness (QED) is 0.574. The van der Waals surface area contributed by atoms with Gasteiger partial charge in [-0.25, -0.2) is 5.90 Å². The molecule has 0 aliphatic carbocycles. The third kappa shape index (κ3) is 2.86. The monoisotopic (exact) mass is 238 g/mol. The van der Waals surface area contributed by atoms with E-state index in [0.717, 1.165) is 0 Å². The zero-order chi connectivity index (χ0) is 12.1. The van der Waals surface area contributed by atoms with Crippen LogP contribution in [0.4, 0.5) is 0 Å². The van der Waals surface area contributed by atoms with E-state index in [1.165, 1.54) is 0 Å². The van der Waals surface area contributed by atoms with Crippen molar-refractivity contribution in [3.05, 3.63) is 23.8 Å². The first-order chi connectivity index (χ1) is 8.31. The maximum absolute atomic E-state index is 11.7. The third-order valence-electron chi connectivity index (χ3n) is 2.36. The number of carbonyl (C=O) groups excluding carboxylic acids is 1. The maximum atomic E-state index is 11.7. The minimum absolute atomic E-state index is 0.152. The van der Waals surface area contributed by atoms with Crippen LogP contribution in [0.25, 0.3) is 0 Å². The fraction of sp³-hybridized carbons (Fsp3) is 0.364. The summed E-state index contributed by atoms with van der Waals surface area (Å²) in [6.07, 6.45) is 0.673. The fourth-order valence-electron chi connectivity index (χ4n) is 1.50. The van der Waals surface area contributed by atoms with Crippen LogP contribution in [0.1, 0.15) is 16.8 Å². The normalized spacial score (nSPS) is 12.5. The van der Waals surface area contributed by atoms with Gasteiger partial charge in [0.15, 0.2) is 11.5 Å². The first-order valence-electron chi connectivity index (χ1n) is 5.31. The lowest BCUT2D eigenvalue weighted by molar-refractivity contribution is 0.0941. The maximum Gasteiger partial charge on any atom is 0.251 e. The number of carbonyl (C=O) groups is 1. The fourth-order valence-corrected chi connectivity index (χ4v) is 1.50. The number of benzene rings is 1. The zero-order valence-electron chi connectivity index (χ0n) is 9.27. The van der Waals surface area contributed by atoms with Gasteiger partial charge in [0, 0.05) is 12.1 Å². The Hall–Kier alpha value is -1.79. The van der Waals surface area contributed by atoms with E-state index < -0.39 is 0 Å². The molecule has 1 aromatic carbocycles. The molecule has 0 saturated heterocycles. The topological polar surface area (TPSA) is 82.8 Å². The van der Waals surface area contributed by atoms with Crippen molar-refractivity contribution in [1.82, 2.24) is 5.32 Å². The van der Waals surface area contributed by atoms with Gasteiger partial charge in [-0.05, 0) is 24.6 Å². The molecule has 0 radical (unpaired) electrons. The van der Waals surface area contributed by atoms with E-state index in [4.69, 9.17) is 15.4 Å². The molecule has 0 aromatic heterocycles. The van der Waals surface area contributed by atoms with Crippen molar-refractivity contribution in [2.45, 2.75) is 6.42 Å². The molecular weight excluding hydrogens is 224 g/mol.